The molecule has 9 rings (SSSR count). The Morgan fingerprint density at radius 3 is 1.22 bits per heavy atom. The zero-order chi connectivity index (χ0) is 80.3. The van der Waals surface area contributed by atoms with Crippen LogP contribution in [0.5, 0.6) is 0 Å². The molecule has 0 radical (unpaired) electrons. The third-order valence-electron chi connectivity index (χ3n) is 12.5. The Bertz CT molecular complexity index is 2500. The molecular weight excluding hydrogens is 1680 g/mol. The third kappa shape index (κ3) is 57.4. The van der Waals surface area contributed by atoms with E-state index in [1.165, 1.54) is 83.4 Å². The van der Waals surface area contributed by atoms with Gasteiger partial charge < -0.3 is 56.8 Å². The standard InChI is InChI=1S/C9H14O3S.3C8H12O3S.2C8H12O2S2.2C8H12OS3.C7H10O3S/c1-7(2)9(10)12-8-6-13-5-3-4-11-8;1-6(2)8(9)11-7-5-12-4-3-10-7;1-6(2)8(9)11-7-5-10-3-4-12-7;1-2-7(9)11-8-6-10-4-3-5-12-8;1-6(2)8(9)10-7-5-11-3-4-12-7;1-2-7(9)10-8-6-11-4-3-5-12-8;1-6(2)8(9)12-7-5-10-3-4-11-7;1-2-7(9)12-8-6-10-4-3-5-11-8;1-5(2)7(8)10-6-3-11-4-9-6/h8H,1,3-6H2,2H3;2*7H,1,3-5H2,2H3;2,8H,1,3-6H2;7H,1,3-5H2,2H3;2,8H,1,3-6H2;7H,1,3-5H2,2H3;2,8H,1,3-6H2;6H,1,3-4H2,2H3. The molecule has 9 heterocycles. The van der Waals surface area contributed by atoms with Crippen molar-refractivity contribution in [3.8, 4) is 0 Å². The smallest absolute Gasteiger partial charge is 0.335 e. The van der Waals surface area contributed by atoms with Gasteiger partial charge in [0.2, 0.25) is 29.1 Å². The summed E-state index contributed by atoms with van der Waals surface area (Å²) in [5.74, 6) is 17.6. The molecule has 0 aliphatic carbocycles. The first kappa shape index (κ1) is 104. The Morgan fingerprint density at radius 2 is 0.713 bits per heavy atom. The lowest BCUT2D eigenvalue weighted by Crippen LogP contribution is -2.28. The Kier molecular flexibility index (Phi) is 65.2. The van der Waals surface area contributed by atoms with Gasteiger partial charge in [0.25, 0.3) is 0 Å². The van der Waals surface area contributed by atoms with Crippen LogP contribution in [-0.4, -0.2) is 257 Å². The quantitative estimate of drug-likeness (QED) is 0.0701. The van der Waals surface area contributed by atoms with Crippen LogP contribution in [0.15, 0.2) is 111 Å². The normalized spacial score (nSPS) is 23.6. The number of ether oxygens (including phenoxy) is 12. The molecule has 9 unspecified atom stereocenters. The topological polar surface area (TPSA) is 264 Å². The van der Waals surface area contributed by atoms with Gasteiger partial charge in [0, 0.05) is 104 Å². The summed E-state index contributed by atoms with van der Waals surface area (Å²) in [7, 11) is 0. The molecule has 9 aliphatic rings. The van der Waals surface area contributed by atoms with Gasteiger partial charge in [-0.2, -0.15) is 70.6 Å². The lowest BCUT2D eigenvalue weighted by Gasteiger charge is -2.21. The lowest BCUT2D eigenvalue weighted by molar-refractivity contribution is -0.169. The van der Waals surface area contributed by atoms with Crippen LogP contribution in [0.25, 0.3) is 0 Å². The second-order valence-corrected chi connectivity index (χ2v) is 41.1. The maximum Gasteiger partial charge on any atom is 0.335 e. The van der Waals surface area contributed by atoms with E-state index in [2.05, 4.69) is 59.2 Å². The van der Waals surface area contributed by atoms with E-state index < -0.39 is 6.29 Å². The first-order valence-electron chi connectivity index (χ1n) is 34.1. The van der Waals surface area contributed by atoms with E-state index in [-0.39, 0.29) is 86.3 Å². The van der Waals surface area contributed by atoms with Gasteiger partial charge in [-0.15, -0.1) is 82.3 Å². The molecule has 0 spiro atoms. The van der Waals surface area contributed by atoms with Crippen LogP contribution in [0.4, 0.5) is 0 Å². The molecule has 0 saturated carbocycles. The van der Waals surface area contributed by atoms with E-state index in [0.717, 1.165) is 107 Å². The molecule has 9 aliphatic heterocycles. The molecule has 9 atom stereocenters. The molecule has 0 N–H and O–H groups in total. The van der Waals surface area contributed by atoms with Crippen molar-refractivity contribution < 1.29 is 100.0 Å². The number of thioether (sulfide) groups is 15. The highest BCUT2D eigenvalue weighted by Gasteiger charge is 2.25. The first-order chi connectivity index (χ1) is 51.7. The predicted molar refractivity (Wildman–Crippen MR) is 471 cm³/mol. The largest absolute Gasteiger partial charge is 0.447 e. The number of carbonyl (C=O) groups excluding carboxylic acids is 9. The SMILES string of the molecule is C=C(C)C(=O)OC1COCCS1.C=C(C)C(=O)OC1CSCCCO1.C=C(C)C(=O)OC1CSCCO1.C=C(C)C(=O)OC1CSCCS1.C=C(C)C(=O)OC1CSCO1.C=C(C)C(=O)SC1CSCCS1.C=CC(=O)OC1COCCCS1.C=CC(=O)OC1CSCCCS1.C=CC(=O)SC1CSCCCS1. The average Bonchev–Trinajstić information content (AvgIpc) is 1.49. The highest BCUT2D eigenvalue weighted by Crippen LogP contribution is 2.35. The highest BCUT2D eigenvalue weighted by atomic mass is 32.2. The molecule has 0 amide bonds. The Balaban J connectivity index is 0.000000608. The summed E-state index contributed by atoms with van der Waals surface area (Å²) in [4.78, 5) is 99.0. The van der Waals surface area contributed by atoms with E-state index in [0.29, 0.717) is 75.0 Å². The first-order valence-corrected chi connectivity index (χ1v) is 50.2. The molecule has 36 heteroatoms. The van der Waals surface area contributed by atoms with E-state index in [1.54, 1.807) is 124 Å². The van der Waals surface area contributed by atoms with Gasteiger partial charge in [-0.3, -0.25) is 9.59 Å². The molecule has 108 heavy (non-hydrogen) atoms. The van der Waals surface area contributed by atoms with Crippen LogP contribution in [0, 0.1) is 0 Å². The van der Waals surface area contributed by atoms with Crippen molar-refractivity contribution in [2.75, 3.05) is 155 Å². The second-order valence-electron chi connectivity index (χ2n) is 22.5. The van der Waals surface area contributed by atoms with Crippen molar-refractivity contribution in [1.29, 1.82) is 0 Å². The fraction of sp³-hybridized carbons (Fsp3) is 0.625. The van der Waals surface area contributed by atoms with Crippen LogP contribution >= 0.6 is 176 Å². The summed E-state index contributed by atoms with van der Waals surface area (Å²) in [6, 6.07) is 0. The fourth-order valence-electron chi connectivity index (χ4n) is 7.06. The van der Waals surface area contributed by atoms with E-state index in [4.69, 9.17) is 56.8 Å². The Labute approximate surface area is 704 Å². The number of hydrogen-bond donors (Lipinski definition) is 0. The average molecular weight is 1790 g/mol. The van der Waals surface area contributed by atoms with Gasteiger partial charge >= 0.3 is 41.8 Å². The molecule has 0 aromatic carbocycles. The van der Waals surface area contributed by atoms with Crippen LogP contribution in [0.2, 0.25) is 0 Å². The number of carbonyl (C=O) groups is 9. The fourth-order valence-corrected chi connectivity index (χ4v) is 23.7. The third-order valence-corrected chi connectivity index (χ3v) is 31.1. The van der Waals surface area contributed by atoms with Crippen LogP contribution in [0.3, 0.4) is 0 Å². The maximum atomic E-state index is 11.3. The van der Waals surface area contributed by atoms with Crippen molar-refractivity contribution in [1.82, 2.24) is 0 Å². The van der Waals surface area contributed by atoms with E-state index >= 15 is 0 Å². The molecule has 9 saturated heterocycles. The van der Waals surface area contributed by atoms with Crippen LogP contribution in [-0.2, 0) is 100.0 Å². The second kappa shape index (κ2) is 67.5. The summed E-state index contributed by atoms with van der Waals surface area (Å²) in [5, 5.41) is 0.255. The zero-order valence-electron chi connectivity index (χ0n) is 62.7. The summed E-state index contributed by atoms with van der Waals surface area (Å²) < 4.78 is 62.0. The minimum atomic E-state index is -0.392. The molecule has 0 bridgehead atoms. The van der Waals surface area contributed by atoms with Crippen molar-refractivity contribution >= 4 is 228 Å². The van der Waals surface area contributed by atoms with Crippen LogP contribution in [0.1, 0.15) is 67.2 Å². The Hall–Kier alpha value is -1.66. The highest BCUT2D eigenvalue weighted by molar-refractivity contribution is 8.26. The summed E-state index contributed by atoms with van der Waals surface area (Å²) in [5.41, 5.74) is 2.57. The van der Waals surface area contributed by atoms with E-state index in [1.807, 2.05) is 70.6 Å². The minimum absolute atomic E-state index is 0.0306. The molecule has 0 aromatic heterocycles. The molecule has 0 aromatic rings. The van der Waals surface area contributed by atoms with Crippen molar-refractivity contribution in [2.45, 2.75) is 117 Å². The maximum absolute atomic E-state index is 11.3. The lowest BCUT2D eigenvalue weighted by atomic mass is 10.4. The zero-order valence-corrected chi connectivity index (χ0v) is 74.9. The minimum Gasteiger partial charge on any atom is -0.447 e. The van der Waals surface area contributed by atoms with Gasteiger partial charge in [0.15, 0.2) is 21.7 Å². The van der Waals surface area contributed by atoms with Crippen molar-refractivity contribution in [3.63, 3.8) is 0 Å². The monoisotopic (exact) mass is 1790 g/mol. The van der Waals surface area contributed by atoms with Gasteiger partial charge in [0.1, 0.15) is 0 Å². The Morgan fingerprint density at radius 1 is 0.333 bits per heavy atom. The van der Waals surface area contributed by atoms with Gasteiger partial charge in [-0.1, -0.05) is 82.7 Å². The summed E-state index contributed by atoms with van der Waals surface area (Å²) in [6.45, 7) is 45.0. The van der Waals surface area contributed by atoms with Crippen LogP contribution < -0.4 is 0 Å². The number of rotatable bonds is 18. The number of esters is 7. The predicted octanol–water partition coefficient (Wildman–Crippen LogP) is 15.4. The molecular formula is C72H108O21S15. The van der Waals surface area contributed by atoms with E-state index in [9.17, 15) is 43.2 Å². The molecule has 612 valence electrons. The summed E-state index contributed by atoms with van der Waals surface area (Å²) >= 11 is 25.9. The van der Waals surface area contributed by atoms with Gasteiger partial charge in [0.05, 0.1) is 65.4 Å². The number of hydrogen-bond acceptors (Lipinski definition) is 36. The van der Waals surface area contributed by atoms with Crippen molar-refractivity contribution in [3.05, 3.63) is 111 Å². The summed E-state index contributed by atoms with van der Waals surface area (Å²) in [6.07, 6.45) is 7.17. The molecule has 9 fully saturated rings. The van der Waals surface area contributed by atoms with Crippen molar-refractivity contribution in [2.24, 2.45) is 0 Å². The molecule has 21 nitrogen and oxygen atoms in total. The van der Waals surface area contributed by atoms with Gasteiger partial charge in [-0.05, 0) is 113 Å². The van der Waals surface area contributed by atoms with Gasteiger partial charge in [-0.25, -0.2) is 33.6 Å².